The molecule has 0 aliphatic rings. The van der Waals surface area contributed by atoms with Crippen LogP contribution in [0, 0.1) is 17.6 Å². The minimum absolute atomic E-state index is 0.236. The molecule has 0 aliphatic heterocycles. The molecule has 0 atom stereocenters. The van der Waals surface area contributed by atoms with Crippen LogP contribution in [0.25, 0.3) is 0 Å². The van der Waals surface area contributed by atoms with Crippen LogP contribution in [0.1, 0.15) is 22.2 Å². The second kappa shape index (κ2) is 7.33. The van der Waals surface area contributed by atoms with E-state index in [9.17, 15) is 4.39 Å². The van der Waals surface area contributed by atoms with E-state index in [1.54, 1.807) is 22.1 Å². The molecule has 0 unspecified atom stereocenters. The van der Waals surface area contributed by atoms with Crippen LogP contribution in [0.3, 0.4) is 0 Å². The Morgan fingerprint density at radius 3 is 2.96 bits per heavy atom. The zero-order valence-corrected chi connectivity index (χ0v) is 15.0. The van der Waals surface area contributed by atoms with Crippen LogP contribution in [-0.4, -0.2) is 26.7 Å². The Labute approximate surface area is 148 Å². The first-order chi connectivity index (χ1) is 11.5. The number of aryl methyl sites for hydroxylation is 1. The molecular formula is C16H17FN4OS2. The van der Waals surface area contributed by atoms with Gasteiger partial charge in [-0.1, -0.05) is 12.1 Å². The minimum atomic E-state index is -0.236. The van der Waals surface area contributed by atoms with Crippen LogP contribution in [0.2, 0.25) is 0 Å². The summed E-state index contributed by atoms with van der Waals surface area (Å²) < 4.78 is 20.4. The Bertz CT molecular complexity index is 886. The summed E-state index contributed by atoms with van der Waals surface area (Å²) in [4.78, 5) is 6.71. The summed E-state index contributed by atoms with van der Waals surface area (Å²) >= 11 is 6.82. The first-order valence-electron chi connectivity index (χ1n) is 7.40. The fourth-order valence-electron chi connectivity index (χ4n) is 2.38. The Kier molecular flexibility index (Phi) is 5.17. The average molecular weight is 364 g/mol. The van der Waals surface area contributed by atoms with Gasteiger partial charge in [0.1, 0.15) is 5.82 Å². The number of halogens is 1. The monoisotopic (exact) mass is 364 g/mol. The lowest BCUT2D eigenvalue weighted by molar-refractivity contribution is 0.240. The van der Waals surface area contributed by atoms with Crippen LogP contribution in [0.5, 0.6) is 0 Å². The van der Waals surface area contributed by atoms with Crippen molar-refractivity contribution in [3.05, 3.63) is 62.5 Å². The molecule has 0 radical (unpaired) electrons. The van der Waals surface area contributed by atoms with Gasteiger partial charge in [-0.15, -0.1) is 16.4 Å². The molecule has 3 aromatic rings. The molecular weight excluding hydrogens is 347 g/mol. The molecule has 3 rings (SSSR count). The zero-order valence-electron chi connectivity index (χ0n) is 13.4. The average Bonchev–Trinajstić information content (AvgIpc) is 3.05. The number of rotatable bonds is 6. The van der Waals surface area contributed by atoms with Crippen LogP contribution in [0.15, 0.2) is 34.1 Å². The van der Waals surface area contributed by atoms with Crippen molar-refractivity contribution in [3.8, 4) is 0 Å². The van der Waals surface area contributed by atoms with E-state index in [-0.39, 0.29) is 5.82 Å². The maximum absolute atomic E-state index is 13.2. The van der Waals surface area contributed by atoms with Crippen LogP contribution >= 0.6 is 23.6 Å². The maximum Gasteiger partial charge on any atom is 0.288 e. The van der Waals surface area contributed by atoms with Crippen molar-refractivity contribution < 1.29 is 8.81 Å². The lowest BCUT2D eigenvalue weighted by atomic mass is 10.2. The van der Waals surface area contributed by atoms with Gasteiger partial charge in [-0.3, -0.25) is 4.90 Å². The van der Waals surface area contributed by atoms with Gasteiger partial charge >= 0.3 is 0 Å². The second-order valence-electron chi connectivity index (χ2n) is 5.58. The highest BCUT2D eigenvalue weighted by Gasteiger charge is 2.10. The number of thiazole rings is 1. The fourth-order valence-corrected chi connectivity index (χ4v) is 3.19. The van der Waals surface area contributed by atoms with Gasteiger partial charge in [-0.05, 0) is 43.9 Å². The molecule has 0 spiro atoms. The molecule has 1 aromatic carbocycles. The van der Waals surface area contributed by atoms with E-state index in [0.717, 1.165) is 16.3 Å². The molecule has 0 bridgehead atoms. The van der Waals surface area contributed by atoms with Crippen molar-refractivity contribution in [2.45, 2.75) is 26.6 Å². The van der Waals surface area contributed by atoms with E-state index < -0.39 is 0 Å². The summed E-state index contributed by atoms with van der Waals surface area (Å²) in [5.41, 5.74) is 1.82. The first-order valence-corrected chi connectivity index (χ1v) is 8.69. The number of nitrogens with zero attached hydrogens (tertiary/aromatic N) is 4. The molecule has 24 heavy (non-hydrogen) atoms. The largest absolute Gasteiger partial charge is 0.414 e. The Balaban J connectivity index is 1.65. The number of benzene rings is 1. The number of aromatic nitrogens is 3. The molecule has 126 valence electrons. The van der Waals surface area contributed by atoms with Gasteiger partial charge in [0, 0.05) is 11.9 Å². The molecule has 0 amide bonds. The van der Waals surface area contributed by atoms with Gasteiger partial charge in [0.15, 0.2) is 0 Å². The Hall–Kier alpha value is -1.90. The van der Waals surface area contributed by atoms with E-state index in [0.29, 0.717) is 30.4 Å². The molecule has 2 aromatic heterocycles. The van der Waals surface area contributed by atoms with Crippen LogP contribution in [-0.2, 0) is 19.6 Å². The predicted octanol–water partition coefficient (Wildman–Crippen LogP) is 3.79. The highest BCUT2D eigenvalue weighted by Crippen LogP contribution is 2.13. The number of hydrogen-bond acceptors (Lipinski definition) is 6. The smallest absolute Gasteiger partial charge is 0.288 e. The minimum Gasteiger partial charge on any atom is -0.414 e. The lowest BCUT2D eigenvalue weighted by Gasteiger charge is -2.15. The molecule has 8 heteroatoms. The van der Waals surface area contributed by atoms with Crippen molar-refractivity contribution in [2.75, 3.05) is 7.05 Å². The van der Waals surface area contributed by atoms with E-state index >= 15 is 0 Å². The number of hydrogen-bond donors (Lipinski definition) is 0. The SMILES string of the molecule is Cc1nc(Cc2nn(CN(C)Cc3cccc(F)c3)c(=S)o2)cs1. The molecule has 0 saturated carbocycles. The standard InChI is InChI=1S/C16H17FN4OS2/c1-11-18-14(9-24-11)7-15-19-21(16(23)22-15)10-20(2)8-12-4-3-5-13(17)6-12/h3-6,9H,7-8,10H2,1-2H3. The lowest BCUT2D eigenvalue weighted by Crippen LogP contribution is -2.22. The van der Waals surface area contributed by atoms with Gasteiger partial charge in [-0.2, -0.15) is 0 Å². The molecule has 0 N–H and O–H groups in total. The summed E-state index contributed by atoms with van der Waals surface area (Å²) in [5.74, 6) is 0.309. The van der Waals surface area contributed by atoms with Gasteiger partial charge < -0.3 is 4.42 Å². The topological polar surface area (TPSA) is 47.1 Å². The predicted molar refractivity (Wildman–Crippen MR) is 92.9 cm³/mol. The molecule has 0 saturated heterocycles. The highest BCUT2D eigenvalue weighted by molar-refractivity contribution is 7.71. The van der Waals surface area contributed by atoms with E-state index in [1.165, 1.54) is 12.1 Å². The summed E-state index contributed by atoms with van der Waals surface area (Å²) in [6.07, 6.45) is 0.522. The third-order valence-electron chi connectivity index (χ3n) is 3.36. The van der Waals surface area contributed by atoms with E-state index in [4.69, 9.17) is 16.6 Å². The van der Waals surface area contributed by atoms with E-state index in [2.05, 4.69) is 10.1 Å². The summed E-state index contributed by atoms with van der Waals surface area (Å²) in [7, 11) is 1.92. The normalized spacial score (nSPS) is 11.3. The Morgan fingerprint density at radius 2 is 2.25 bits per heavy atom. The molecule has 2 heterocycles. The molecule has 5 nitrogen and oxygen atoms in total. The summed E-state index contributed by atoms with van der Waals surface area (Å²) in [6, 6.07) is 6.55. The van der Waals surface area contributed by atoms with Crippen LogP contribution < -0.4 is 0 Å². The molecule has 0 fully saturated rings. The van der Waals surface area contributed by atoms with Gasteiger partial charge in [0.2, 0.25) is 5.89 Å². The first kappa shape index (κ1) is 16.9. The van der Waals surface area contributed by atoms with Crippen molar-refractivity contribution >= 4 is 23.6 Å². The third-order valence-corrected chi connectivity index (χ3v) is 4.48. The van der Waals surface area contributed by atoms with Crippen molar-refractivity contribution in [1.82, 2.24) is 19.7 Å². The molecule has 0 aliphatic carbocycles. The van der Waals surface area contributed by atoms with Gasteiger partial charge in [-0.25, -0.2) is 14.1 Å². The highest BCUT2D eigenvalue weighted by atomic mass is 32.1. The third kappa shape index (κ3) is 4.34. The second-order valence-corrected chi connectivity index (χ2v) is 6.99. The van der Waals surface area contributed by atoms with Gasteiger partial charge in [0.05, 0.1) is 23.8 Å². The van der Waals surface area contributed by atoms with Crippen LogP contribution in [0.4, 0.5) is 4.39 Å². The van der Waals surface area contributed by atoms with Crippen molar-refractivity contribution in [3.63, 3.8) is 0 Å². The zero-order chi connectivity index (χ0) is 17.1. The summed E-state index contributed by atoms with van der Waals surface area (Å²) in [6.45, 7) is 3.02. The fraction of sp³-hybridized carbons (Fsp3) is 0.312. The maximum atomic E-state index is 13.2. The van der Waals surface area contributed by atoms with Crippen molar-refractivity contribution in [1.29, 1.82) is 0 Å². The quantitative estimate of drug-likeness (QED) is 0.623. The summed E-state index contributed by atoms with van der Waals surface area (Å²) in [5, 5.41) is 7.41. The van der Waals surface area contributed by atoms with Gasteiger partial charge in [0.25, 0.3) is 4.84 Å². The van der Waals surface area contributed by atoms with E-state index in [1.807, 2.05) is 30.3 Å². The Morgan fingerprint density at radius 1 is 1.42 bits per heavy atom. The van der Waals surface area contributed by atoms with Crippen molar-refractivity contribution in [2.24, 2.45) is 0 Å².